The van der Waals surface area contributed by atoms with E-state index < -0.39 is 5.63 Å². The van der Waals surface area contributed by atoms with Gasteiger partial charge in [-0.2, -0.15) is 0 Å². The highest BCUT2D eigenvalue weighted by molar-refractivity contribution is 9.08. The van der Waals surface area contributed by atoms with Gasteiger partial charge in [0, 0.05) is 22.2 Å². The van der Waals surface area contributed by atoms with Crippen LogP contribution in [0.5, 0.6) is 11.5 Å². The average molecular weight is 351 g/mol. The summed E-state index contributed by atoms with van der Waals surface area (Å²) in [5.41, 5.74) is 1.59. The average Bonchev–Trinajstić information content (AvgIpc) is 2.50. The molecule has 1 aromatic carbocycles. The summed E-state index contributed by atoms with van der Waals surface area (Å²) in [6.45, 7) is 7.61. The first-order chi connectivity index (χ1) is 10.0. The van der Waals surface area contributed by atoms with E-state index in [0.717, 1.165) is 5.56 Å². The fraction of sp³-hybridized carbons (Fsp3) is 0.188. The first kappa shape index (κ1) is 15.4. The number of benzene rings is 1. The number of rotatable bonds is 4. The predicted molar refractivity (Wildman–Crippen MR) is 86.4 cm³/mol. The molecule has 1 heterocycles. The zero-order valence-electron chi connectivity index (χ0n) is 11.9. The van der Waals surface area contributed by atoms with Crippen molar-refractivity contribution >= 4 is 29.1 Å². The highest BCUT2D eigenvalue weighted by atomic mass is 79.9. The van der Waals surface area contributed by atoms with Crippen LogP contribution in [0.25, 0.3) is 24.3 Å². The van der Waals surface area contributed by atoms with Crippen LogP contribution in [0.15, 0.2) is 27.4 Å². The molecule has 0 fully saturated rings. The van der Waals surface area contributed by atoms with Crippen molar-refractivity contribution in [3.05, 3.63) is 44.8 Å². The monoisotopic (exact) mass is 350 g/mol. The van der Waals surface area contributed by atoms with Gasteiger partial charge in [0.05, 0.1) is 19.8 Å². The van der Waals surface area contributed by atoms with Crippen molar-refractivity contribution in [2.45, 2.75) is 5.33 Å². The van der Waals surface area contributed by atoms with Crippen LogP contribution in [-0.2, 0) is 5.33 Å². The second-order valence-corrected chi connectivity index (χ2v) is 4.91. The van der Waals surface area contributed by atoms with Crippen molar-refractivity contribution in [1.82, 2.24) is 0 Å². The van der Waals surface area contributed by atoms with E-state index in [1.54, 1.807) is 25.3 Å². The Kier molecular flexibility index (Phi) is 4.53. The van der Waals surface area contributed by atoms with Crippen LogP contribution in [0.3, 0.4) is 0 Å². The Bertz CT molecular complexity index is 823. The van der Waals surface area contributed by atoms with Gasteiger partial charge in [-0.3, -0.25) is 0 Å². The Balaban J connectivity index is 2.85. The standard InChI is InChI=1S/C16H15BrO4/c1-9-10(2)21-16(18)15(13(9)8-17)12-6-5-11(19-3)7-14(12)20-4/h5-7H,1-2,8H2,3-4H3. The molecule has 2 aromatic rings. The molecule has 0 saturated heterocycles. The molecule has 0 spiro atoms. The van der Waals surface area contributed by atoms with E-state index in [0.29, 0.717) is 33.2 Å². The summed E-state index contributed by atoms with van der Waals surface area (Å²) in [5.74, 6) is 1.17. The minimum atomic E-state index is -0.467. The first-order valence-electron chi connectivity index (χ1n) is 6.15. The summed E-state index contributed by atoms with van der Waals surface area (Å²) in [6, 6.07) is 5.24. The molecule has 0 unspecified atom stereocenters. The third-order valence-electron chi connectivity index (χ3n) is 3.23. The molecule has 0 saturated carbocycles. The molecule has 0 radical (unpaired) electrons. The molecule has 0 atom stereocenters. The molecular weight excluding hydrogens is 336 g/mol. The maximum absolute atomic E-state index is 12.3. The second kappa shape index (κ2) is 6.18. The lowest BCUT2D eigenvalue weighted by Gasteiger charge is -2.12. The number of hydrogen-bond acceptors (Lipinski definition) is 4. The van der Waals surface area contributed by atoms with Gasteiger partial charge in [-0.25, -0.2) is 4.79 Å². The zero-order chi connectivity index (χ0) is 15.6. The minimum Gasteiger partial charge on any atom is -0.497 e. The number of ether oxygens (including phenoxy) is 2. The molecule has 2 rings (SSSR count). The lowest BCUT2D eigenvalue weighted by Crippen LogP contribution is -2.32. The van der Waals surface area contributed by atoms with Crippen LogP contribution in [0.4, 0.5) is 0 Å². The second-order valence-electron chi connectivity index (χ2n) is 4.34. The van der Waals surface area contributed by atoms with Crippen LogP contribution in [-0.4, -0.2) is 14.2 Å². The van der Waals surface area contributed by atoms with Gasteiger partial charge in [0.25, 0.3) is 0 Å². The van der Waals surface area contributed by atoms with Gasteiger partial charge in [-0.15, -0.1) is 0 Å². The van der Waals surface area contributed by atoms with Gasteiger partial charge in [0.2, 0.25) is 0 Å². The lowest BCUT2D eigenvalue weighted by molar-refractivity contribution is 0.395. The normalized spacial score (nSPS) is 10.4. The molecular formula is C16H15BrO4. The molecule has 5 heteroatoms. The Labute approximate surface area is 130 Å². The van der Waals surface area contributed by atoms with Crippen molar-refractivity contribution < 1.29 is 13.9 Å². The van der Waals surface area contributed by atoms with E-state index in [1.165, 1.54) is 7.11 Å². The molecule has 0 N–H and O–H groups in total. The van der Waals surface area contributed by atoms with Gasteiger partial charge < -0.3 is 13.9 Å². The summed E-state index contributed by atoms with van der Waals surface area (Å²) in [5, 5.41) is 1.06. The Morgan fingerprint density at radius 2 is 1.95 bits per heavy atom. The number of alkyl halides is 1. The molecule has 0 aliphatic carbocycles. The summed E-state index contributed by atoms with van der Waals surface area (Å²) in [4.78, 5) is 12.3. The smallest absolute Gasteiger partial charge is 0.344 e. The SMILES string of the molecule is C=c1oc(=O)c(-c2ccc(OC)cc2OC)c(CBr)c1=C. The van der Waals surface area contributed by atoms with Crippen molar-refractivity contribution in [3.63, 3.8) is 0 Å². The number of methoxy groups -OCH3 is 2. The van der Waals surface area contributed by atoms with E-state index in [4.69, 9.17) is 13.9 Å². The molecule has 0 aliphatic heterocycles. The van der Waals surface area contributed by atoms with E-state index in [2.05, 4.69) is 29.1 Å². The fourth-order valence-electron chi connectivity index (χ4n) is 2.09. The molecule has 110 valence electrons. The molecule has 0 amide bonds. The Morgan fingerprint density at radius 3 is 2.52 bits per heavy atom. The van der Waals surface area contributed by atoms with Gasteiger partial charge >= 0.3 is 5.63 Å². The topological polar surface area (TPSA) is 48.7 Å². The highest BCUT2D eigenvalue weighted by Crippen LogP contribution is 2.32. The van der Waals surface area contributed by atoms with Crippen molar-refractivity contribution in [1.29, 1.82) is 0 Å². The third-order valence-corrected chi connectivity index (χ3v) is 3.80. The lowest BCUT2D eigenvalue weighted by atomic mass is 10.0. The van der Waals surface area contributed by atoms with Crippen LogP contribution >= 0.6 is 15.9 Å². The van der Waals surface area contributed by atoms with Gasteiger partial charge in [0.15, 0.2) is 0 Å². The summed E-state index contributed by atoms with van der Waals surface area (Å²) in [6.07, 6.45) is 0. The van der Waals surface area contributed by atoms with Gasteiger partial charge in [-0.05, 0) is 17.7 Å². The maximum atomic E-state index is 12.3. The van der Waals surface area contributed by atoms with Crippen LogP contribution < -0.4 is 25.7 Å². The zero-order valence-corrected chi connectivity index (χ0v) is 13.5. The molecule has 1 aromatic heterocycles. The van der Waals surface area contributed by atoms with E-state index in [-0.39, 0.29) is 5.42 Å². The van der Waals surface area contributed by atoms with Gasteiger partial charge in [-0.1, -0.05) is 29.1 Å². The van der Waals surface area contributed by atoms with Crippen molar-refractivity contribution in [2.75, 3.05) is 14.2 Å². The minimum absolute atomic E-state index is 0.269. The van der Waals surface area contributed by atoms with E-state index in [1.807, 2.05) is 0 Å². The Morgan fingerprint density at radius 1 is 1.24 bits per heavy atom. The van der Waals surface area contributed by atoms with Gasteiger partial charge in [0.1, 0.15) is 16.9 Å². The van der Waals surface area contributed by atoms with E-state index >= 15 is 0 Å². The summed E-state index contributed by atoms with van der Waals surface area (Å²) < 4.78 is 15.7. The number of hydrogen-bond donors (Lipinski definition) is 0. The predicted octanol–water partition coefficient (Wildman–Crippen LogP) is 2.04. The van der Waals surface area contributed by atoms with Crippen LogP contribution in [0, 0.1) is 0 Å². The fourth-order valence-corrected chi connectivity index (χ4v) is 2.71. The molecule has 4 nitrogen and oxygen atoms in total. The third kappa shape index (κ3) is 2.74. The van der Waals surface area contributed by atoms with Crippen molar-refractivity contribution in [2.24, 2.45) is 0 Å². The molecule has 21 heavy (non-hydrogen) atoms. The highest BCUT2D eigenvalue weighted by Gasteiger charge is 2.17. The molecule has 0 bridgehead atoms. The maximum Gasteiger partial charge on any atom is 0.344 e. The first-order valence-corrected chi connectivity index (χ1v) is 7.27. The largest absolute Gasteiger partial charge is 0.497 e. The molecule has 0 aliphatic rings. The number of halogens is 1. The Hall–Kier alpha value is -2.01. The van der Waals surface area contributed by atoms with Crippen LogP contribution in [0.1, 0.15) is 5.56 Å². The quantitative estimate of drug-likeness (QED) is 0.791. The summed E-state index contributed by atoms with van der Waals surface area (Å²) >= 11 is 3.39. The summed E-state index contributed by atoms with van der Waals surface area (Å²) in [7, 11) is 3.10. The van der Waals surface area contributed by atoms with Crippen LogP contribution in [0.2, 0.25) is 0 Å². The van der Waals surface area contributed by atoms with Crippen molar-refractivity contribution in [3.8, 4) is 22.6 Å². The van der Waals surface area contributed by atoms with E-state index in [9.17, 15) is 4.79 Å².